The molecule has 0 aromatic heterocycles. The molecule has 0 aliphatic heterocycles. The van der Waals surface area contributed by atoms with Crippen molar-refractivity contribution in [1.82, 2.24) is 10.6 Å². The van der Waals surface area contributed by atoms with E-state index < -0.39 is 35.6 Å². The Bertz CT molecular complexity index is 906. The van der Waals surface area contributed by atoms with E-state index in [1.54, 1.807) is 12.1 Å². The molecule has 0 fully saturated rings. The molecule has 2 atom stereocenters. The molecule has 0 unspecified atom stereocenters. The lowest BCUT2D eigenvalue weighted by Crippen LogP contribution is -2.54. The Morgan fingerprint density at radius 2 is 1.66 bits per heavy atom. The van der Waals surface area contributed by atoms with Gasteiger partial charge in [0.1, 0.15) is 17.9 Å². The molecule has 4 N–H and O–H groups in total. The first-order valence-electron chi connectivity index (χ1n) is 8.71. The number of primary amides is 1. The second-order valence-electron chi connectivity index (χ2n) is 6.49. The zero-order valence-electron chi connectivity index (χ0n) is 15.5. The van der Waals surface area contributed by atoms with Crippen LogP contribution in [0, 0.1) is 5.82 Å². The Balaban J connectivity index is 2.15. The number of carbonyl (C=O) groups excluding carboxylic acids is 3. The number of rotatable bonds is 8. The van der Waals surface area contributed by atoms with Crippen molar-refractivity contribution in [3.63, 3.8) is 0 Å². The largest absolute Gasteiger partial charge is 0.368 e. The van der Waals surface area contributed by atoms with Crippen molar-refractivity contribution in [1.29, 1.82) is 0 Å². The van der Waals surface area contributed by atoms with E-state index in [1.165, 1.54) is 37.3 Å². The van der Waals surface area contributed by atoms with Gasteiger partial charge in [-0.25, -0.2) is 4.39 Å². The Hall–Kier alpha value is -2.64. The highest BCUT2D eigenvalue weighted by Crippen LogP contribution is 2.22. The molecule has 0 spiro atoms. The number of nitrogens with two attached hydrogens (primary N) is 1. The van der Waals surface area contributed by atoms with Crippen LogP contribution in [0.2, 0.25) is 10.0 Å². The lowest BCUT2D eigenvalue weighted by molar-refractivity contribution is -0.130. The molecule has 0 saturated carbocycles. The van der Waals surface area contributed by atoms with Gasteiger partial charge < -0.3 is 16.4 Å². The van der Waals surface area contributed by atoms with Crippen molar-refractivity contribution in [2.45, 2.75) is 31.8 Å². The minimum Gasteiger partial charge on any atom is -0.368 e. The molecule has 0 bridgehead atoms. The van der Waals surface area contributed by atoms with E-state index in [1.807, 2.05) is 0 Å². The molecular weight excluding hydrogens is 420 g/mol. The normalized spacial score (nSPS) is 12.7. The molecule has 6 nitrogen and oxygen atoms in total. The molecule has 2 aromatic rings. The van der Waals surface area contributed by atoms with Crippen LogP contribution in [0.15, 0.2) is 42.5 Å². The molecular formula is C20H20Cl2FN3O3. The maximum absolute atomic E-state index is 13.1. The van der Waals surface area contributed by atoms with E-state index in [0.717, 1.165) is 0 Å². The van der Waals surface area contributed by atoms with E-state index in [4.69, 9.17) is 28.9 Å². The third-order valence-electron chi connectivity index (χ3n) is 4.15. The lowest BCUT2D eigenvalue weighted by Gasteiger charge is -2.22. The van der Waals surface area contributed by atoms with Crippen molar-refractivity contribution >= 4 is 40.9 Å². The molecule has 0 saturated heterocycles. The van der Waals surface area contributed by atoms with Gasteiger partial charge in [-0.05, 0) is 35.4 Å². The van der Waals surface area contributed by atoms with Crippen LogP contribution < -0.4 is 16.4 Å². The maximum atomic E-state index is 13.1. The molecule has 2 rings (SSSR count). The summed E-state index contributed by atoms with van der Waals surface area (Å²) in [5.74, 6) is -2.20. The smallest absolute Gasteiger partial charge is 0.243 e. The molecule has 2 aromatic carbocycles. The maximum Gasteiger partial charge on any atom is 0.243 e. The zero-order chi connectivity index (χ0) is 21.6. The summed E-state index contributed by atoms with van der Waals surface area (Å²) in [5.41, 5.74) is 6.65. The average molecular weight is 440 g/mol. The van der Waals surface area contributed by atoms with Crippen LogP contribution in [0.5, 0.6) is 0 Å². The number of hydrogen-bond donors (Lipinski definition) is 3. The van der Waals surface area contributed by atoms with Crippen molar-refractivity contribution in [2.75, 3.05) is 0 Å². The highest BCUT2D eigenvalue weighted by molar-refractivity contribution is 6.35. The average Bonchev–Trinajstić information content (AvgIpc) is 2.63. The fraction of sp³-hybridized carbons (Fsp3) is 0.250. The summed E-state index contributed by atoms with van der Waals surface area (Å²) >= 11 is 12.0. The predicted molar refractivity (Wildman–Crippen MR) is 109 cm³/mol. The Labute approximate surface area is 177 Å². The SMILES string of the molecule is CC(=O)N[C@@H](Cc1ccc(F)cc1)C(=O)N[C@@H](Cc1ccc(Cl)cc1Cl)C(N)=O. The van der Waals surface area contributed by atoms with Gasteiger partial charge in [-0.1, -0.05) is 41.4 Å². The van der Waals surface area contributed by atoms with Gasteiger partial charge in [-0.3, -0.25) is 14.4 Å². The number of hydrogen-bond acceptors (Lipinski definition) is 3. The van der Waals surface area contributed by atoms with Crippen LogP contribution in [-0.4, -0.2) is 29.8 Å². The molecule has 0 aliphatic carbocycles. The second kappa shape index (κ2) is 10.2. The number of amides is 3. The van der Waals surface area contributed by atoms with E-state index in [2.05, 4.69) is 10.6 Å². The highest BCUT2D eigenvalue weighted by Gasteiger charge is 2.26. The van der Waals surface area contributed by atoms with Crippen LogP contribution in [0.4, 0.5) is 4.39 Å². The van der Waals surface area contributed by atoms with E-state index in [9.17, 15) is 18.8 Å². The molecule has 9 heteroatoms. The fourth-order valence-corrected chi connectivity index (χ4v) is 3.20. The first-order chi connectivity index (χ1) is 13.7. The monoisotopic (exact) mass is 439 g/mol. The number of halogens is 3. The van der Waals surface area contributed by atoms with Crippen LogP contribution >= 0.6 is 23.2 Å². The minimum atomic E-state index is -1.05. The van der Waals surface area contributed by atoms with Gasteiger partial charge in [0, 0.05) is 29.8 Å². The summed E-state index contributed by atoms with van der Waals surface area (Å²) in [5, 5.41) is 5.85. The quantitative estimate of drug-likeness (QED) is 0.588. The van der Waals surface area contributed by atoms with Crippen LogP contribution in [0.25, 0.3) is 0 Å². The van der Waals surface area contributed by atoms with E-state index in [-0.39, 0.29) is 12.8 Å². The summed E-state index contributed by atoms with van der Waals surface area (Å²) in [6, 6.07) is 8.28. The van der Waals surface area contributed by atoms with Crippen molar-refractivity contribution < 1.29 is 18.8 Å². The Kier molecular flexibility index (Phi) is 7.99. The third-order valence-corrected chi connectivity index (χ3v) is 4.73. The zero-order valence-corrected chi connectivity index (χ0v) is 17.1. The Morgan fingerprint density at radius 3 is 2.21 bits per heavy atom. The van der Waals surface area contributed by atoms with Crippen molar-refractivity contribution in [3.05, 3.63) is 69.5 Å². The molecule has 0 radical (unpaired) electrons. The topological polar surface area (TPSA) is 101 Å². The lowest BCUT2D eigenvalue weighted by atomic mass is 10.0. The van der Waals surface area contributed by atoms with Crippen LogP contribution in [-0.2, 0) is 27.2 Å². The first kappa shape index (κ1) is 22.6. The summed E-state index contributed by atoms with van der Waals surface area (Å²) < 4.78 is 13.1. The van der Waals surface area contributed by atoms with Crippen molar-refractivity contribution in [2.24, 2.45) is 5.73 Å². The van der Waals surface area contributed by atoms with Crippen molar-refractivity contribution in [3.8, 4) is 0 Å². The molecule has 29 heavy (non-hydrogen) atoms. The van der Waals surface area contributed by atoms with Gasteiger partial charge in [0.25, 0.3) is 0 Å². The summed E-state index contributed by atoms with van der Waals surface area (Å²) in [7, 11) is 0. The number of nitrogens with one attached hydrogen (secondary N) is 2. The summed E-state index contributed by atoms with van der Waals surface area (Å²) in [4.78, 5) is 36.1. The molecule has 3 amide bonds. The van der Waals surface area contributed by atoms with E-state index in [0.29, 0.717) is 21.2 Å². The first-order valence-corrected chi connectivity index (χ1v) is 9.46. The summed E-state index contributed by atoms with van der Waals surface area (Å²) in [6.45, 7) is 1.27. The standard InChI is InChI=1S/C20H20Cl2FN3O3/c1-11(27)25-18(8-12-2-6-15(23)7-3-12)20(29)26-17(19(24)28)9-13-4-5-14(21)10-16(13)22/h2-7,10,17-18H,8-9H2,1H3,(H2,24,28)(H,25,27)(H,26,29)/t17-,18-/m0/s1. The number of benzene rings is 2. The second-order valence-corrected chi connectivity index (χ2v) is 7.33. The molecule has 0 aliphatic rings. The summed E-state index contributed by atoms with van der Waals surface area (Å²) in [6.07, 6.45) is 0.166. The fourth-order valence-electron chi connectivity index (χ4n) is 2.71. The van der Waals surface area contributed by atoms with Gasteiger partial charge in [-0.15, -0.1) is 0 Å². The highest BCUT2D eigenvalue weighted by atomic mass is 35.5. The van der Waals surface area contributed by atoms with Gasteiger partial charge in [0.05, 0.1) is 0 Å². The predicted octanol–water partition coefficient (Wildman–Crippen LogP) is 2.39. The van der Waals surface area contributed by atoms with Gasteiger partial charge >= 0.3 is 0 Å². The van der Waals surface area contributed by atoms with Gasteiger partial charge in [0.2, 0.25) is 17.7 Å². The van der Waals surface area contributed by atoms with Gasteiger partial charge in [-0.2, -0.15) is 0 Å². The number of carbonyl (C=O) groups is 3. The van der Waals surface area contributed by atoms with Crippen LogP contribution in [0.1, 0.15) is 18.1 Å². The molecule has 0 heterocycles. The third kappa shape index (κ3) is 7.03. The van der Waals surface area contributed by atoms with Gasteiger partial charge in [0.15, 0.2) is 0 Å². The minimum absolute atomic E-state index is 0.0560. The Morgan fingerprint density at radius 1 is 1.00 bits per heavy atom. The molecule has 154 valence electrons. The van der Waals surface area contributed by atoms with E-state index >= 15 is 0 Å². The van der Waals surface area contributed by atoms with Crippen LogP contribution in [0.3, 0.4) is 0 Å².